The van der Waals surface area contributed by atoms with Crippen LogP contribution in [0.3, 0.4) is 0 Å². The summed E-state index contributed by atoms with van der Waals surface area (Å²) in [6, 6.07) is 0. The molecule has 0 radical (unpaired) electrons. The first-order valence-electron chi connectivity index (χ1n) is 8.94. The van der Waals surface area contributed by atoms with Crippen molar-refractivity contribution in [2.75, 3.05) is 5.73 Å². The zero-order chi connectivity index (χ0) is 26.4. The molecule has 1 aliphatic heterocycles. The molecule has 0 amide bonds. The van der Waals surface area contributed by atoms with Gasteiger partial charge in [0.2, 0.25) is 11.5 Å². The average Bonchev–Trinajstić information content (AvgIpc) is 3.17. The Bertz CT molecular complexity index is 1330. The number of aliphatic hydroxyl groups excluding tert-OH is 1. The highest BCUT2D eigenvalue weighted by atomic mass is 35.5. The summed E-state index contributed by atoms with van der Waals surface area (Å²) in [5, 5.41) is 23.7. The number of halogens is 1. The minimum Gasteiger partial charge on any atom is -0.386 e. The van der Waals surface area contributed by atoms with E-state index in [0.717, 1.165) is 17.8 Å². The number of nitrogens with two attached hydrogens (primary N) is 1. The van der Waals surface area contributed by atoms with Crippen molar-refractivity contribution < 1.29 is 61.4 Å². The Morgan fingerprint density at radius 3 is 2.49 bits per heavy atom. The Kier molecular flexibility index (Phi) is 7.82. The summed E-state index contributed by atoms with van der Waals surface area (Å²) in [6.45, 7) is 1.04. The molecule has 1 fully saturated rings. The number of hydrogen-bond acceptors (Lipinski definition) is 13. The number of hydrogen-bond donors (Lipinski definition) is 7. The lowest BCUT2D eigenvalue weighted by molar-refractivity contribution is -0.0831. The van der Waals surface area contributed by atoms with Crippen molar-refractivity contribution in [3.8, 4) is 11.3 Å². The molecule has 0 aromatic carbocycles. The maximum atomic E-state index is 12.1. The van der Waals surface area contributed by atoms with E-state index in [0.29, 0.717) is 0 Å². The van der Waals surface area contributed by atoms with Gasteiger partial charge in [0.15, 0.2) is 11.9 Å². The third-order valence-electron chi connectivity index (χ3n) is 4.44. The van der Waals surface area contributed by atoms with Crippen LogP contribution in [-0.2, 0) is 31.6 Å². The monoisotopic (exact) mass is 579 g/mol. The van der Waals surface area contributed by atoms with E-state index in [1.807, 2.05) is 5.38 Å². The highest BCUT2D eigenvalue weighted by Crippen LogP contribution is 2.66. The second-order valence-corrected chi connectivity index (χ2v) is 11.5. The second kappa shape index (κ2) is 9.75. The van der Waals surface area contributed by atoms with Crippen molar-refractivity contribution in [1.82, 2.24) is 19.5 Å². The van der Waals surface area contributed by atoms with E-state index in [1.165, 1.54) is 6.20 Å². The number of aliphatic hydroxyl groups is 2. The number of rotatable bonds is 8. The molecule has 0 spiro atoms. The van der Waals surface area contributed by atoms with Crippen molar-refractivity contribution >= 4 is 52.2 Å². The number of anilines is 1. The number of nitrogen functional groups attached to an aromatic ring is 1. The summed E-state index contributed by atoms with van der Waals surface area (Å²) in [4.78, 5) is 48.0. The number of imidazole rings is 1. The third-order valence-corrected chi connectivity index (χ3v) is 8.46. The van der Waals surface area contributed by atoms with Crippen molar-refractivity contribution in [2.24, 2.45) is 0 Å². The summed E-state index contributed by atoms with van der Waals surface area (Å²) >= 11 is 5.44. The van der Waals surface area contributed by atoms with E-state index in [4.69, 9.17) is 31.9 Å². The second-order valence-electron chi connectivity index (χ2n) is 6.93. The SMILES string of the molecule is C[C@H](OP(=O)(O)OP(=O)(O)OP(=O)(O)O)[C@H]1O[C@@H](n2cnc3cnc(N)nc32)C(O)(C#CCl)[C@H]1O. The van der Waals surface area contributed by atoms with Gasteiger partial charge in [0.25, 0.3) is 0 Å². The number of phosphoric acid groups is 3. The van der Waals surface area contributed by atoms with Crippen LogP contribution >= 0.6 is 35.1 Å². The Hall–Kier alpha value is -1.51. The highest BCUT2D eigenvalue weighted by molar-refractivity contribution is 7.66. The molecular weight excluding hydrogens is 563 g/mol. The predicted octanol–water partition coefficient (Wildman–Crippen LogP) is -0.671. The van der Waals surface area contributed by atoms with Crippen molar-refractivity contribution in [2.45, 2.75) is 37.1 Å². The van der Waals surface area contributed by atoms with Gasteiger partial charge in [-0.2, -0.15) is 13.6 Å². The molecule has 22 heteroatoms. The van der Waals surface area contributed by atoms with Gasteiger partial charge in [-0.1, -0.05) is 0 Å². The molecule has 0 bridgehead atoms. The van der Waals surface area contributed by atoms with Gasteiger partial charge in [-0.3, -0.25) is 9.09 Å². The zero-order valence-electron chi connectivity index (χ0n) is 17.1. The number of ether oxygens (including phenoxy) is 1. The van der Waals surface area contributed by atoms with Crippen LogP contribution in [0.5, 0.6) is 0 Å². The number of phosphoric ester groups is 1. The van der Waals surface area contributed by atoms with Crippen LogP contribution in [-0.4, -0.2) is 73.2 Å². The van der Waals surface area contributed by atoms with E-state index in [9.17, 15) is 33.7 Å². The molecular formula is C13H17ClN5O13P3. The Labute approximate surface area is 200 Å². The van der Waals surface area contributed by atoms with Gasteiger partial charge in [-0.15, -0.1) is 0 Å². The lowest BCUT2D eigenvalue weighted by Crippen LogP contribution is -2.47. The van der Waals surface area contributed by atoms with Crippen LogP contribution in [0.25, 0.3) is 11.2 Å². The summed E-state index contributed by atoms with van der Waals surface area (Å²) < 4.78 is 53.1. The molecule has 2 aromatic rings. The fourth-order valence-corrected chi connectivity index (χ4v) is 6.51. The van der Waals surface area contributed by atoms with E-state index in [1.54, 1.807) is 0 Å². The van der Waals surface area contributed by atoms with Crippen LogP contribution in [0.1, 0.15) is 13.2 Å². The number of fused-ring (bicyclic) bond motifs is 1. The molecule has 35 heavy (non-hydrogen) atoms. The number of nitrogens with zero attached hydrogens (tertiary/aromatic N) is 4. The third kappa shape index (κ3) is 6.25. The molecule has 3 rings (SSSR count). The summed E-state index contributed by atoms with van der Waals surface area (Å²) in [7, 11) is -17.0. The van der Waals surface area contributed by atoms with Crippen molar-refractivity contribution in [3.05, 3.63) is 12.5 Å². The molecule has 0 saturated carbocycles. The summed E-state index contributed by atoms with van der Waals surface area (Å²) in [6.07, 6.45) is -4.55. The van der Waals surface area contributed by atoms with Crippen molar-refractivity contribution in [3.63, 3.8) is 0 Å². The quantitative estimate of drug-likeness (QED) is 0.151. The largest absolute Gasteiger partial charge is 0.490 e. The molecule has 7 atom stereocenters. The summed E-state index contributed by atoms with van der Waals surface area (Å²) in [5.74, 6) is 2.00. The normalized spacial score (nSPS) is 29.2. The van der Waals surface area contributed by atoms with Gasteiger partial charge in [0, 0.05) is 5.38 Å². The van der Waals surface area contributed by atoms with E-state index >= 15 is 0 Å². The molecule has 2 aromatic heterocycles. The Morgan fingerprint density at radius 2 is 1.89 bits per heavy atom. The van der Waals surface area contributed by atoms with E-state index < -0.39 is 53.6 Å². The fourth-order valence-electron chi connectivity index (χ4n) is 3.16. The molecule has 1 aliphatic rings. The lowest BCUT2D eigenvalue weighted by atomic mass is 9.93. The first-order valence-corrected chi connectivity index (χ1v) is 13.8. The molecule has 18 nitrogen and oxygen atoms in total. The standard InChI is InChI=1S/C13H17ClN5O13P3/c1-6(30-34(25,26)32-35(27,28)31-33(22,23)24)8-9(20)13(21,2-3-14)11(29-8)19-5-17-7-4-16-12(15)18-10(7)19/h4-6,8-9,11,20-21H,1H3,(H,25,26)(H,27,28)(H2,15,16,18)(H2,22,23,24)/t6-,8+,9-,11+,13?/m0/s1. The molecule has 3 heterocycles. The smallest absolute Gasteiger partial charge is 0.386 e. The minimum absolute atomic E-state index is 0.0469. The van der Waals surface area contributed by atoms with Gasteiger partial charge in [0.05, 0.1) is 18.6 Å². The maximum absolute atomic E-state index is 12.1. The van der Waals surface area contributed by atoms with Gasteiger partial charge in [-0.25, -0.2) is 23.7 Å². The summed E-state index contributed by atoms with van der Waals surface area (Å²) in [5.41, 5.74) is 3.36. The van der Waals surface area contributed by atoms with Crippen LogP contribution in [0.4, 0.5) is 5.95 Å². The van der Waals surface area contributed by atoms with Crippen LogP contribution in [0, 0.1) is 11.3 Å². The Morgan fingerprint density at radius 1 is 1.23 bits per heavy atom. The van der Waals surface area contributed by atoms with Crippen LogP contribution in [0.15, 0.2) is 12.5 Å². The predicted molar refractivity (Wildman–Crippen MR) is 113 cm³/mol. The van der Waals surface area contributed by atoms with Gasteiger partial charge >= 0.3 is 23.5 Å². The average molecular weight is 580 g/mol. The van der Waals surface area contributed by atoms with E-state index in [-0.39, 0.29) is 17.1 Å². The first-order chi connectivity index (χ1) is 16.0. The molecule has 8 N–H and O–H groups in total. The lowest BCUT2D eigenvalue weighted by Gasteiger charge is -2.27. The van der Waals surface area contributed by atoms with Crippen molar-refractivity contribution in [1.29, 1.82) is 0 Å². The fraction of sp³-hybridized carbons (Fsp3) is 0.462. The van der Waals surface area contributed by atoms with Crippen LogP contribution in [0.2, 0.25) is 0 Å². The molecule has 0 aliphatic carbocycles. The van der Waals surface area contributed by atoms with Gasteiger partial charge < -0.3 is 40.3 Å². The Balaban J connectivity index is 1.89. The maximum Gasteiger partial charge on any atom is 0.490 e. The van der Waals surface area contributed by atoms with Gasteiger partial charge in [0.1, 0.15) is 17.7 Å². The molecule has 194 valence electrons. The minimum atomic E-state index is -5.79. The van der Waals surface area contributed by atoms with Gasteiger partial charge in [-0.05, 0) is 24.4 Å². The first kappa shape index (κ1) is 28.1. The molecule has 1 saturated heterocycles. The number of aromatic nitrogens is 4. The molecule has 3 unspecified atom stereocenters. The van der Waals surface area contributed by atoms with E-state index in [2.05, 4.69) is 34.0 Å². The zero-order valence-corrected chi connectivity index (χ0v) is 20.5. The topological polar surface area (TPSA) is 279 Å². The van der Waals surface area contributed by atoms with Crippen LogP contribution < -0.4 is 5.73 Å². The highest BCUT2D eigenvalue weighted by Gasteiger charge is 2.58.